The summed E-state index contributed by atoms with van der Waals surface area (Å²) < 4.78 is 0. The van der Waals surface area contributed by atoms with Crippen LogP contribution in [0.5, 0.6) is 0 Å². The van der Waals surface area contributed by atoms with Crippen LogP contribution in [0, 0.1) is 18.3 Å². The molecule has 0 radical (unpaired) electrons. The van der Waals surface area contributed by atoms with Gasteiger partial charge in [0.25, 0.3) is 0 Å². The van der Waals surface area contributed by atoms with Crippen LogP contribution in [0.1, 0.15) is 47.7 Å². The number of benzene rings is 3. The summed E-state index contributed by atoms with van der Waals surface area (Å²) in [6.45, 7) is 4.20. The van der Waals surface area contributed by atoms with Crippen molar-refractivity contribution < 1.29 is 4.79 Å². The van der Waals surface area contributed by atoms with E-state index in [1.54, 1.807) is 0 Å². The Morgan fingerprint density at radius 1 is 0.889 bits per heavy atom. The Labute approximate surface area is 161 Å². The minimum Gasteiger partial charge on any atom is -0.294 e. The Hall–Kier alpha value is -3.18. The molecule has 2 heteroatoms. The van der Waals surface area contributed by atoms with Crippen LogP contribution in [-0.4, -0.2) is 5.78 Å². The van der Waals surface area contributed by atoms with Gasteiger partial charge in [0.2, 0.25) is 0 Å². The van der Waals surface area contributed by atoms with Crippen LogP contribution >= 0.6 is 0 Å². The molecule has 0 aromatic heterocycles. The number of aryl methyl sites for hydroxylation is 1. The Bertz CT molecular complexity index is 976. The van der Waals surface area contributed by atoms with Crippen molar-refractivity contribution in [3.8, 4) is 28.3 Å². The molecule has 0 fully saturated rings. The van der Waals surface area contributed by atoms with Gasteiger partial charge in [-0.2, -0.15) is 5.26 Å². The zero-order chi connectivity index (χ0) is 19.2. The molecule has 0 atom stereocenters. The van der Waals surface area contributed by atoms with Gasteiger partial charge in [0.1, 0.15) is 0 Å². The monoisotopic (exact) mass is 353 g/mol. The predicted octanol–water partition coefficient (Wildman–Crippen LogP) is 6.57. The van der Waals surface area contributed by atoms with E-state index in [1.807, 2.05) is 48.5 Å². The third-order valence-electron chi connectivity index (χ3n) is 4.85. The number of hydrogen-bond donors (Lipinski definition) is 0. The SMILES string of the molecule is CCCCC(=O)c1ccc(-c2ccc(-c3ccc(C#N)cc3)cc2C)cc1. The molecule has 3 aromatic rings. The zero-order valence-electron chi connectivity index (χ0n) is 15.8. The van der Waals surface area contributed by atoms with E-state index in [4.69, 9.17) is 5.26 Å². The van der Waals surface area contributed by atoms with Crippen LogP contribution in [0.3, 0.4) is 0 Å². The highest BCUT2D eigenvalue weighted by molar-refractivity contribution is 5.96. The number of nitrogens with zero attached hydrogens (tertiary/aromatic N) is 1. The lowest BCUT2D eigenvalue weighted by molar-refractivity contribution is 0.0980. The molecule has 0 N–H and O–H groups in total. The lowest BCUT2D eigenvalue weighted by Crippen LogP contribution is -1.98. The number of carbonyl (C=O) groups excluding carboxylic acids is 1. The van der Waals surface area contributed by atoms with Gasteiger partial charge in [-0.25, -0.2) is 0 Å². The standard InChI is InChI=1S/C25H23NO/c1-3-4-5-25(27)22-12-10-21(11-13-22)24-15-14-23(16-18(24)2)20-8-6-19(17-26)7-9-20/h6-16H,3-5H2,1-2H3. The van der Waals surface area contributed by atoms with Crippen LogP contribution in [0.4, 0.5) is 0 Å². The van der Waals surface area contributed by atoms with Crippen LogP contribution in [0.15, 0.2) is 66.7 Å². The molecule has 0 saturated heterocycles. The van der Waals surface area contributed by atoms with Crippen LogP contribution in [-0.2, 0) is 0 Å². The molecule has 134 valence electrons. The molecule has 0 spiro atoms. The number of nitriles is 1. The number of hydrogen-bond acceptors (Lipinski definition) is 2. The molecule has 0 bridgehead atoms. The van der Waals surface area contributed by atoms with Crippen molar-refractivity contribution in [3.05, 3.63) is 83.4 Å². The van der Waals surface area contributed by atoms with Gasteiger partial charge >= 0.3 is 0 Å². The maximum atomic E-state index is 12.1. The van der Waals surface area contributed by atoms with Crippen molar-refractivity contribution in [2.75, 3.05) is 0 Å². The second-order valence-corrected chi connectivity index (χ2v) is 6.82. The number of ketones is 1. The highest BCUT2D eigenvalue weighted by atomic mass is 16.1. The quantitative estimate of drug-likeness (QED) is 0.470. The fraction of sp³-hybridized carbons (Fsp3) is 0.200. The predicted molar refractivity (Wildman–Crippen MR) is 111 cm³/mol. The molecule has 0 heterocycles. The molecule has 27 heavy (non-hydrogen) atoms. The number of carbonyl (C=O) groups is 1. The first-order chi connectivity index (χ1) is 13.1. The van der Waals surface area contributed by atoms with Gasteiger partial charge in [0, 0.05) is 12.0 Å². The molecule has 0 aliphatic heterocycles. The first kappa shape index (κ1) is 18.6. The summed E-state index contributed by atoms with van der Waals surface area (Å²) in [5, 5.41) is 8.93. The van der Waals surface area contributed by atoms with Gasteiger partial charge in [-0.15, -0.1) is 0 Å². The molecule has 3 aromatic carbocycles. The summed E-state index contributed by atoms with van der Waals surface area (Å²) >= 11 is 0. The van der Waals surface area contributed by atoms with Crippen molar-refractivity contribution >= 4 is 5.78 Å². The number of rotatable bonds is 6. The van der Waals surface area contributed by atoms with Gasteiger partial charge in [0.05, 0.1) is 11.6 Å². The lowest BCUT2D eigenvalue weighted by atomic mass is 9.94. The summed E-state index contributed by atoms with van der Waals surface area (Å²) in [5.74, 6) is 0.219. The van der Waals surface area contributed by atoms with Crippen LogP contribution in [0.2, 0.25) is 0 Å². The largest absolute Gasteiger partial charge is 0.294 e. The van der Waals surface area contributed by atoms with E-state index in [0.717, 1.165) is 35.1 Å². The molecular formula is C25H23NO. The smallest absolute Gasteiger partial charge is 0.162 e. The van der Waals surface area contributed by atoms with E-state index in [9.17, 15) is 4.79 Å². The highest BCUT2D eigenvalue weighted by Crippen LogP contribution is 2.29. The molecule has 0 saturated carbocycles. The highest BCUT2D eigenvalue weighted by Gasteiger charge is 2.08. The van der Waals surface area contributed by atoms with E-state index in [1.165, 1.54) is 11.1 Å². The van der Waals surface area contributed by atoms with E-state index in [0.29, 0.717) is 12.0 Å². The Kier molecular flexibility index (Phi) is 5.84. The molecule has 0 aliphatic carbocycles. The van der Waals surface area contributed by atoms with Crippen molar-refractivity contribution in [3.63, 3.8) is 0 Å². The average Bonchev–Trinajstić information content (AvgIpc) is 2.72. The third-order valence-corrected chi connectivity index (χ3v) is 4.85. The molecular weight excluding hydrogens is 330 g/mol. The van der Waals surface area contributed by atoms with Gasteiger partial charge in [-0.1, -0.05) is 67.9 Å². The van der Waals surface area contributed by atoms with E-state index < -0.39 is 0 Å². The van der Waals surface area contributed by atoms with Crippen molar-refractivity contribution in [2.24, 2.45) is 0 Å². The first-order valence-electron chi connectivity index (χ1n) is 9.37. The summed E-state index contributed by atoms with van der Waals surface area (Å²) in [6.07, 6.45) is 2.60. The van der Waals surface area contributed by atoms with E-state index >= 15 is 0 Å². The fourth-order valence-corrected chi connectivity index (χ4v) is 3.22. The molecule has 0 amide bonds. The number of Topliss-reactive ketones (excluding diaryl/α,β-unsaturated/α-hetero) is 1. The van der Waals surface area contributed by atoms with Crippen molar-refractivity contribution in [1.29, 1.82) is 5.26 Å². The normalized spacial score (nSPS) is 10.4. The van der Waals surface area contributed by atoms with Gasteiger partial charge in [-0.05, 0) is 53.3 Å². The Morgan fingerprint density at radius 2 is 1.52 bits per heavy atom. The van der Waals surface area contributed by atoms with Gasteiger partial charge in [-0.3, -0.25) is 4.79 Å². The number of unbranched alkanes of at least 4 members (excludes halogenated alkanes) is 1. The maximum Gasteiger partial charge on any atom is 0.162 e. The van der Waals surface area contributed by atoms with Gasteiger partial charge < -0.3 is 0 Å². The summed E-state index contributed by atoms with van der Waals surface area (Å²) in [7, 11) is 0. The second kappa shape index (κ2) is 8.47. The van der Waals surface area contributed by atoms with Crippen LogP contribution in [0.25, 0.3) is 22.3 Å². The topological polar surface area (TPSA) is 40.9 Å². The average molecular weight is 353 g/mol. The Balaban J connectivity index is 1.83. The minimum atomic E-state index is 0.219. The first-order valence-corrected chi connectivity index (χ1v) is 9.37. The maximum absolute atomic E-state index is 12.1. The molecule has 3 rings (SSSR count). The lowest BCUT2D eigenvalue weighted by Gasteiger charge is -2.10. The van der Waals surface area contributed by atoms with Crippen molar-refractivity contribution in [2.45, 2.75) is 33.1 Å². The van der Waals surface area contributed by atoms with Crippen LogP contribution < -0.4 is 0 Å². The van der Waals surface area contributed by atoms with E-state index in [-0.39, 0.29) is 5.78 Å². The van der Waals surface area contributed by atoms with E-state index in [2.05, 4.69) is 38.1 Å². The molecule has 2 nitrogen and oxygen atoms in total. The second-order valence-electron chi connectivity index (χ2n) is 6.82. The van der Waals surface area contributed by atoms with Gasteiger partial charge in [0.15, 0.2) is 5.78 Å². The third kappa shape index (κ3) is 4.33. The van der Waals surface area contributed by atoms with Crippen molar-refractivity contribution in [1.82, 2.24) is 0 Å². The minimum absolute atomic E-state index is 0.219. The summed E-state index contributed by atoms with van der Waals surface area (Å²) in [6, 6.07) is 24.1. The summed E-state index contributed by atoms with van der Waals surface area (Å²) in [4.78, 5) is 12.1. The fourth-order valence-electron chi connectivity index (χ4n) is 3.22. The molecule has 0 aliphatic rings. The summed E-state index contributed by atoms with van der Waals surface area (Å²) in [5.41, 5.74) is 7.15. The zero-order valence-corrected chi connectivity index (χ0v) is 15.8. The molecule has 0 unspecified atom stereocenters. The Morgan fingerprint density at radius 3 is 2.11 bits per heavy atom.